The number of benzene rings is 1. The standard InChI is InChI=1S/C17H25NO2/c1-2-13-7-8-17(19,11-13)16(12-18)9-10-20-15-6-4-3-5-14(15)16/h3-6,13,19H,2,7-12,18H2,1H3. The summed E-state index contributed by atoms with van der Waals surface area (Å²) in [6.07, 6.45) is 4.79. The van der Waals surface area contributed by atoms with Crippen LogP contribution in [0, 0.1) is 5.92 Å². The van der Waals surface area contributed by atoms with Crippen LogP contribution in [0.15, 0.2) is 24.3 Å². The number of aliphatic hydroxyl groups is 1. The van der Waals surface area contributed by atoms with Crippen LogP contribution in [0.1, 0.15) is 44.6 Å². The molecule has 1 aliphatic carbocycles. The molecule has 1 aliphatic heterocycles. The highest BCUT2D eigenvalue weighted by molar-refractivity contribution is 5.44. The van der Waals surface area contributed by atoms with Crippen LogP contribution in [0.2, 0.25) is 0 Å². The Morgan fingerprint density at radius 3 is 2.85 bits per heavy atom. The van der Waals surface area contributed by atoms with Gasteiger partial charge in [0.1, 0.15) is 5.75 Å². The minimum atomic E-state index is -0.678. The summed E-state index contributed by atoms with van der Waals surface area (Å²) < 4.78 is 5.77. The average Bonchev–Trinajstić information content (AvgIpc) is 2.89. The van der Waals surface area contributed by atoms with Gasteiger partial charge in [0.2, 0.25) is 0 Å². The number of ether oxygens (including phenoxy) is 1. The topological polar surface area (TPSA) is 55.5 Å². The van der Waals surface area contributed by atoms with E-state index in [0.29, 0.717) is 19.1 Å². The van der Waals surface area contributed by atoms with Crippen LogP contribution >= 0.6 is 0 Å². The quantitative estimate of drug-likeness (QED) is 0.891. The third kappa shape index (κ3) is 1.87. The molecule has 1 heterocycles. The maximum absolute atomic E-state index is 11.4. The maximum atomic E-state index is 11.4. The summed E-state index contributed by atoms with van der Waals surface area (Å²) in [5.74, 6) is 1.52. The molecule has 0 bridgehead atoms. The third-order valence-electron chi connectivity index (χ3n) is 5.60. The molecule has 1 saturated carbocycles. The molecule has 2 aliphatic rings. The van der Waals surface area contributed by atoms with Gasteiger partial charge in [-0.1, -0.05) is 31.5 Å². The molecule has 3 heteroatoms. The van der Waals surface area contributed by atoms with Crippen LogP contribution in [0.5, 0.6) is 5.75 Å². The average molecular weight is 275 g/mol. The molecule has 0 aromatic heterocycles. The first-order valence-corrected chi connectivity index (χ1v) is 7.80. The zero-order valence-corrected chi connectivity index (χ0v) is 12.3. The smallest absolute Gasteiger partial charge is 0.123 e. The van der Waals surface area contributed by atoms with Crippen molar-refractivity contribution in [1.29, 1.82) is 0 Å². The van der Waals surface area contributed by atoms with Crippen LogP contribution < -0.4 is 10.5 Å². The molecular weight excluding hydrogens is 250 g/mol. The van der Waals surface area contributed by atoms with Crippen molar-refractivity contribution < 1.29 is 9.84 Å². The van der Waals surface area contributed by atoms with E-state index >= 15 is 0 Å². The lowest BCUT2D eigenvalue weighted by molar-refractivity contribution is -0.0505. The van der Waals surface area contributed by atoms with Crippen molar-refractivity contribution in [3.63, 3.8) is 0 Å². The predicted molar refractivity (Wildman–Crippen MR) is 79.9 cm³/mol. The summed E-state index contributed by atoms with van der Waals surface area (Å²) in [7, 11) is 0. The van der Waals surface area contributed by atoms with E-state index in [9.17, 15) is 5.11 Å². The van der Waals surface area contributed by atoms with Crippen molar-refractivity contribution in [1.82, 2.24) is 0 Å². The highest BCUT2D eigenvalue weighted by Crippen LogP contribution is 2.53. The van der Waals surface area contributed by atoms with Crippen LogP contribution in [0.3, 0.4) is 0 Å². The lowest BCUT2D eigenvalue weighted by Gasteiger charge is -2.48. The van der Waals surface area contributed by atoms with Crippen molar-refractivity contribution in [2.75, 3.05) is 13.2 Å². The molecule has 0 saturated heterocycles. The van der Waals surface area contributed by atoms with Crippen molar-refractivity contribution >= 4 is 0 Å². The number of para-hydroxylation sites is 1. The summed E-state index contributed by atoms with van der Waals surface area (Å²) in [6.45, 7) is 3.34. The Morgan fingerprint density at radius 1 is 1.35 bits per heavy atom. The Bertz CT molecular complexity index is 490. The van der Waals surface area contributed by atoms with Gasteiger partial charge >= 0.3 is 0 Å². The molecule has 3 nitrogen and oxygen atoms in total. The number of hydrogen-bond donors (Lipinski definition) is 2. The third-order valence-corrected chi connectivity index (χ3v) is 5.60. The highest BCUT2D eigenvalue weighted by Gasteiger charge is 2.55. The lowest BCUT2D eigenvalue weighted by Crippen LogP contribution is -2.57. The van der Waals surface area contributed by atoms with Gasteiger partial charge in [0, 0.05) is 17.5 Å². The van der Waals surface area contributed by atoms with Gasteiger partial charge < -0.3 is 15.6 Å². The van der Waals surface area contributed by atoms with E-state index in [-0.39, 0.29) is 5.41 Å². The molecule has 3 unspecified atom stereocenters. The zero-order valence-electron chi connectivity index (χ0n) is 12.3. The minimum Gasteiger partial charge on any atom is -0.493 e. The van der Waals surface area contributed by atoms with Crippen LogP contribution in [-0.4, -0.2) is 23.9 Å². The fraction of sp³-hybridized carbons (Fsp3) is 0.647. The molecule has 1 aromatic rings. The number of nitrogens with two attached hydrogens (primary N) is 1. The van der Waals surface area contributed by atoms with Crippen LogP contribution in [0.25, 0.3) is 0 Å². The Kier molecular flexibility index (Phi) is 3.51. The first kappa shape index (κ1) is 13.9. The van der Waals surface area contributed by atoms with E-state index in [1.807, 2.05) is 18.2 Å². The van der Waals surface area contributed by atoms with Gasteiger partial charge in [-0.3, -0.25) is 0 Å². The Morgan fingerprint density at radius 2 is 2.15 bits per heavy atom. The molecule has 110 valence electrons. The first-order chi connectivity index (χ1) is 9.65. The van der Waals surface area contributed by atoms with Gasteiger partial charge in [-0.05, 0) is 37.7 Å². The molecule has 0 spiro atoms. The molecule has 3 atom stereocenters. The summed E-state index contributed by atoms with van der Waals surface area (Å²) in [5.41, 5.74) is 6.27. The second-order valence-corrected chi connectivity index (χ2v) is 6.43. The van der Waals surface area contributed by atoms with Gasteiger partial charge in [-0.25, -0.2) is 0 Å². The predicted octanol–water partition coefficient (Wildman–Crippen LogP) is 2.61. The van der Waals surface area contributed by atoms with Crippen LogP contribution in [-0.2, 0) is 5.41 Å². The number of hydrogen-bond acceptors (Lipinski definition) is 3. The molecule has 0 radical (unpaired) electrons. The van der Waals surface area contributed by atoms with E-state index < -0.39 is 5.60 Å². The van der Waals surface area contributed by atoms with Crippen molar-refractivity contribution in [3.8, 4) is 5.75 Å². The monoisotopic (exact) mass is 275 g/mol. The van der Waals surface area contributed by atoms with E-state index in [2.05, 4.69) is 13.0 Å². The second-order valence-electron chi connectivity index (χ2n) is 6.43. The molecular formula is C17H25NO2. The van der Waals surface area contributed by atoms with E-state index in [0.717, 1.165) is 43.4 Å². The van der Waals surface area contributed by atoms with Gasteiger partial charge in [-0.15, -0.1) is 0 Å². The summed E-state index contributed by atoms with van der Waals surface area (Å²) >= 11 is 0. The van der Waals surface area contributed by atoms with Gasteiger partial charge in [0.15, 0.2) is 0 Å². The maximum Gasteiger partial charge on any atom is 0.123 e. The normalized spacial score (nSPS) is 36.5. The number of rotatable bonds is 3. The molecule has 20 heavy (non-hydrogen) atoms. The van der Waals surface area contributed by atoms with Crippen molar-refractivity contribution in [2.45, 2.75) is 50.0 Å². The van der Waals surface area contributed by atoms with Crippen molar-refractivity contribution in [3.05, 3.63) is 29.8 Å². The zero-order chi connectivity index (χ0) is 14.2. The summed E-state index contributed by atoms with van der Waals surface area (Å²) in [6, 6.07) is 8.08. The Balaban J connectivity index is 2.05. The largest absolute Gasteiger partial charge is 0.493 e. The van der Waals surface area contributed by atoms with Gasteiger partial charge in [-0.2, -0.15) is 0 Å². The first-order valence-electron chi connectivity index (χ1n) is 7.80. The highest BCUT2D eigenvalue weighted by atomic mass is 16.5. The van der Waals surface area contributed by atoms with E-state index in [4.69, 9.17) is 10.5 Å². The molecule has 0 amide bonds. The van der Waals surface area contributed by atoms with Crippen LogP contribution in [0.4, 0.5) is 0 Å². The molecule has 1 fully saturated rings. The second kappa shape index (κ2) is 5.05. The molecule has 3 rings (SSSR count). The minimum absolute atomic E-state index is 0.342. The molecule has 1 aromatic carbocycles. The SMILES string of the molecule is CCC1CCC(O)(C2(CN)CCOc3ccccc32)C1. The lowest BCUT2D eigenvalue weighted by atomic mass is 9.63. The van der Waals surface area contributed by atoms with Gasteiger partial charge in [0.05, 0.1) is 12.2 Å². The Labute approximate surface area is 121 Å². The fourth-order valence-corrected chi connectivity index (χ4v) is 4.25. The fourth-order valence-electron chi connectivity index (χ4n) is 4.25. The van der Waals surface area contributed by atoms with Gasteiger partial charge in [0.25, 0.3) is 0 Å². The molecule has 3 N–H and O–H groups in total. The van der Waals surface area contributed by atoms with E-state index in [1.54, 1.807) is 0 Å². The summed E-state index contributed by atoms with van der Waals surface area (Å²) in [5, 5.41) is 11.4. The summed E-state index contributed by atoms with van der Waals surface area (Å²) in [4.78, 5) is 0. The van der Waals surface area contributed by atoms with E-state index in [1.165, 1.54) is 0 Å². The number of fused-ring (bicyclic) bond motifs is 1. The Hall–Kier alpha value is -1.06. The van der Waals surface area contributed by atoms with Crippen molar-refractivity contribution in [2.24, 2.45) is 11.7 Å².